The molecule has 1 aliphatic rings. The number of nitrogens with zero attached hydrogens (tertiary/aromatic N) is 4. The van der Waals surface area contributed by atoms with Gasteiger partial charge in [-0.2, -0.15) is 4.80 Å². The normalized spacial score (nSPS) is 12.2. The first-order valence-corrected chi connectivity index (χ1v) is 7.58. The average Bonchev–Trinajstić information content (AvgIpc) is 3.30. The fraction of sp³-hybridized carbons (Fsp3) is 0.176. The summed E-state index contributed by atoms with van der Waals surface area (Å²) in [6.45, 7) is 0.151. The zero-order valence-electron chi connectivity index (χ0n) is 13.4. The lowest BCUT2D eigenvalue weighted by atomic mass is 10.1. The fourth-order valence-electron chi connectivity index (χ4n) is 2.48. The fourth-order valence-corrected chi connectivity index (χ4v) is 2.48. The van der Waals surface area contributed by atoms with E-state index in [9.17, 15) is 4.79 Å². The second kappa shape index (κ2) is 6.23. The summed E-state index contributed by atoms with van der Waals surface area (Å²) in [4.78, 5) is 13.7. The van der Waals surface area contributed by atoms with Gasteiger partial charge in [0.05, 0.1) is 7.11 Å². The van der Waals surface area contributed by atoms with Crippen LogP contribution in [0.3, 0.4) is 0 Å². The van der Waals surface area contributed by atoms with Crippen LogP contribution in [-0.2, 0) is 6.54 Å². The number of methoxy groups -OCH3 is 1. The molecular formula is C17H14N4O4. The Balaban J connectivity index is 1.51. The summed E-state index contributed by atoms with van der Waals surface area (Å²) in [5.41, 5.74) is 1.27. The quantitative estimate of drug-likeness (QED) is 0.657. The first kappa shape index (κ1) is 15.1. The molecule has 126 valence electrons. The molecule has 2 aromatic carbocycles. The molecule has 4 rings (SSSR count). The van der Waals surface area contributed by atoms with Gasteiger partial charge in [-0.15, -0.1) is 10.2 Å². The van der Waals surface area contributed by atoms with E-state index in [1.54, 1.807) is 31.4 Å². The number of hydrogen-bond donors (Lipinski definition) is 0. The van der Waals surface area contributed by atoms with Crippen molar-refractivity contribution in [2.45, 2.75) is 6.54 Å². The third-order valence-electron chi connectivity index (χ3n) is 3.76. The minimum absolute atomic E-state index is 0.0172. The largest absolute Gasteiger partial charge is 0.497 e. The molecule has 0 unspecified atom stereocenters. The van der Waals surface area contributed by atoms with Crippen LogP contribution in [0.5, 0.6) is 17.2 Å². The Bertz CT molecular complexity index is 938. The minimum Gasteiger partial charge on any atom is -0.497 e. The second-order valence-electron chi connectivity index (χ2n) is 5.37. The van der Waals surface area contributed by atoms with Gasteiger partial charge in [-0.05, 0) is 35.5 Å². The maximum Gasteiger partial charge on any atom is 0.231 e. The van der Waals surface area contributed by atoms with Crippen LogP contribution in [0.25, 0.3) is 11.4 Å². The summed E-state index contributed by atoms with van der Waals surface area (Å²) in [7, 11) is 1.59. The van der Waals surface area contributed by atoms with Crippen LogP contribution < -0.4 is 14.2 Å². The summed E-state index contributed by atoms with van der Waals surface area (Å²) in [5.74, 6) is 2.18. The lowest BCUT2D eigenvalue weighted by Gasteiger charge is -2.02. The summed E-state index contributed by atoms with van der Waals surface area (Å²) in [6, 6.07) is 12.4. The molecule has 3 aromatic rings. The highest BCUT2D eigenvalue weighted by atomic mass is 16.7. The monoisotopic (exact) mass is 338 g/mol. The van der Waals surface area contributed by atoms with Crippen molar-refractivity contribution < 1.29 is 19.0 Å². The van der Waals surface area contributed by atoms with Crippen LogP contribution in [-0.4, -0.2) is 39.9 Å². The third-order valence-corrected chi connectivity index (χ3v) is 3.76. The van der Waals surface area contributed by atoms with Crippen molar-refractivity contribution in [3.05, 3.63) is 48.0 Å². The van der Waals surface area contributed by atoms with Gasteiger partial charge in [0.2, 0.25) is 12.6 Å². The van der Waals surface area contributed by atoms with Crippen molar-refractivity contribution >= 4 is 5.78 Å². The number of rotatable bonds is 5. The van der Waals surface area contributed by atoms with E-state index < -0.39 is 0 Å². The number of aromatic nitrogens is 4. The number of Topliss-reactive ketones (excluding diaryl/α,β-unsaturated/α-hetero) is 1. The van der Waals surface area contributed by atoms with Gasteiger partial charge in [-0.1, -0.05) is 12.1 Å². The Kier molecular flexibility index (Phi) is 3.77. The van der Waals surface area contributed by atoms with E-state index in [1.165, 1.54) is 4.80 Å². The van der Waals surface area contributed by atoms with Crippen LogP contribution in [0.4, 0.5) is 0 Å². The molecule has 8 nitrogen and oxygen atoms in total. The highest BCUT2D eigenvalue weighted by molar-refractivity contribution is 5.96. The van der Waals surface area contributed by atoms with Crippen molar-refractivity contribution in [1.82, 2.24) is 20.2 Å². The Morgan fingerprint density at radius 1 is 1.20 bits per heavy atom. The lowest BCUT2D eigenvalue weighted by molar-refractivity contribution is 0.0961. The second-order valence-corrected chi connectivity index (χ2v) is 5.37. The number of ether oxygens (including phenoxy) is 3. The maximum atomic E-state index is 12.4. The van der Waals surface area contributed by atoms with Gasteiger partial charge in [-0.3, -0.25) is 4.79 Å². The van der Waals surface area contributed by atoms with E-state index in [2.05, 4.69) is 15.4 Å². The van der Waals surface area contributed by atoms with Gasteiger partial charge >= 0.3 is 0 Å². The zero-order chi connectivity index (χ0) is 17.2. The van der Waals surface area contributed by atoms with E-state index in [0.29, 0.717) is 28.6 Å². The van der Waals surface area contributed by atoms with Gasteiger partial charge < -0.3 is 14.2 Å². The van der Waals surface area contributed by atoms with Gasteiger partial charge in [0.15, 0.2) is 17.3 Å². The van der Waals surface area contributed by atoms with Gasteiger partial charge in [-0.25, -0.2) is 0 Å². The van der Waals surface area contributed by atoms with Gasteiger partial charge in [0, 0.05) is 11.1 Å². The van der Waals surface area contributed by atoms with Gasteiger partial charge in [0.1, 0.15) is 12.3 Å². The number of carbonyl (C=O) groups excluding carboxylic acids is 1. The topological polar surface area (TPSA) is 88.4 Å². The van der Waals surface area contributed by atoms with Crippen LogP contribution in [0, 0.1) is 0 Å². The maximum absolute atomic E-state index is 12.4. The van der Waals surface area contributed by atoms with E-state index in [-0.39, 0.29) is 19.1 Å². The Morgan fingerprint density at radius 2 is 2.08 bits per heavy atom. The molecule has 1 aliphatic heterocycles. The van der Waals surface area contributed by atoms with Crippen molar-refractivity contribution in [3.8, 4) is 28.6 Å². The Hall–Kier alpha value is -3.42. The van der Waals surface area contributed by atoms with Gasteiger partial charge in [0.25, 0.3) is 0 Å². The van der Waals surface area contributed by atoms with Crippen molar-refractivity contribution in [2.75, 3.05) is 13.9 Å². The van der Waals surface area contributed by atoms with E-state index in [1.807, 2.05) is 18.2 Å². The minimum atomic E-state index is -0.145. The van der Waals surface area contributed by atoms with E-state index in [4.69, 9.17) is 14.2 Å². The van der Waals surface area contributed by atoms with Crippen molar-refractivity contribution in [1.29, 1.82) is 0 Å². The lowest BCUT2D eigenvalue weighted by Crippen LogP contribution is -2.13. The number of tetrazole rings is 1. The standard InChI is InChI=1S/C17H14N4O4/c1-23-13-4-2-3-12(7-13)17-18-20-21(19-17)9-14(22)11-5-6-15-16(8-11)25-10-24-15/h2-8H,9-10H2,1H3. The molecule has 0 bridgehead atoms. The molecule has 0 fully saturated rings. The highest BCUT2D eigenvalue weighted by Crippen LogP contribution is 2.32. The molecule has 0 saturated heterocycles. The van der Waals surface area contributed by atoms with Crippen LogP contribution >= 0.6 is 0 Å². The molecule has 0 saturated carbocycles. The molecule has 0 amide bonds. The molecule has 0 spiro atoms. The SMILES string of the molecule is COc1cccc(-c2nnn(CC(=O)c3ccc4c(c3)OCO4)n2)c1. The Labute approximate surface area is 142 Å². The van der Waals surface area contributed by atoms with E-state index in [0.717, 1.165) is 5.56 Å². The van der Waals surface area contributed by atoms with E-state index >= 15 is 0 Å². The molecule has 25 heavy (non-hydrogen) atoms. The van der Waals surface area contributed by atoms with Crippen LogP contribution in [0.15, 0.2) is 42.5 Å². The molecule has 2 heterocycles. The Morgan fingerprint density at radius 3 is 2.96 bits per heavy atom. The smallest absolute Gasteiger partial charge is 0.231 e. The number of hydrogen-bond acceptors (Lipinski definition) is 7. The third kappa shape index (κ3) is 3.01. The van der Waals surface area contributed by atoms with Crippen molar-refractivity contribution in [2.24, 2.45) is 0 Å². The average molecular weight is 338 g/mol. The number of benzene rings is 2. The van der Waals surface area contributed by atoms with Crippen LogP contribution in [0.2, 0.25) is 0 Å². The molecule has 0 N–H and O–H groups in total. The molecule has 0 atom stereocenters. The summed E-state index contributed by atoms with van der Waals surface area (Å²) < 4.78 is 15.7. The molecule has 0 aliphatic carbocycles. The summed E-state index contributed by atoms with van der Waals surface area (Å²) >= 11 is 0. The predicted molar refractivity (Wildman–Crippen MR) is 86.7 cm³/mol. The van der Waals surface area contributed by atoms with Crippen LogP contribution in [0.1, 0.15) is 10.4 Å². The molecular weight excluding hydrogens is 324 g/mol. The first-order valence-electron chi connectivity index (χ1n) is 7.58. The predicted octanol–water partition coefficient (Wildman–Crippen LogP) is 1.96. The summed E-state index contributed by atoms with van der Waals surface area (Å²) in [6.07, 6.45) is 0. The first-order chi connectivity index (χ1) is 12.2. The number of ketones is 1. The molecule has 1 aromatic heterocycles. The number of fused-ring (bicyclic) bond motifs is 1. The highest BCUT2D eigenvalue weighted by Gasteiger charge is 2.17. The summed E-state index contributed by atoms with van der Waals surface area (Å²) in [5, 5.41) is 12.2. The number of carbonyl (C=O) groups is 1. The zero-order valence-corrected chi connectivity index (χ0v) is 13.4. The molecule has 0 radical (unpaired) electrons. The van der Waals surface area contributed by atoms with Crippen molar-refractivity contribution in [3.63, 3.8) is 0 Å². The molecule has 8 heteroatoms.